The van der Waals surface area contributed by atoms with Crippen molar-refractivity contribution >= 4 is 40.3 Å². The summed E-state index contributed by atoms with van der Waals surface area (Å²) >= 11 is 12.7. The molecule has 1 fully saturated rings. The molecule has 0 amide bonds. The molecule has 37 heavy (non-hydrogen) atoms. The van der Waals surface area contributed by atoms with Crippen LogP contribution in [0.15, 0.2) is 58.1 Å². The van der Waals surface area contributed by atoms with Crippen LogP contribution in [0.1, 0.15) is 19.3 Å². The lowest BCUT2D eigenvalue weighted by Gasteiger charge is -2.23. The van der Waals surface area contributed by atoms with Crippen LogP contribution < -0.4 is 16.6 Å². The van der Waals surface area contributed by atoms with E-state index >= 15 is 0 Å². The van der Waals surface area contributed by atoms with Crippen LogP contribution in [0.3, 0.4) is 0 Å². The van der Waals surface area contributed by atoms with Gasteiger partial charge in [0.05, 0.1) is 11.4 Å². The molecule has 11 heteroatoms. The number of nitrogens with one attached hydrogen (secondary N) is 1. The number of carbonyl (C=O) groups is 1. The van der Waals surface area contributed by atoms with Crippen molar-refractivity contribution in [2.24, 2.45) is 5.92 Å². The number of aromatic nitrogens is 4. The first-order valence-electron chi connectivity index (χ1n) is 12.0. The van der Waals surface area contributed by atoms with Gasteiger partial charge in [-0.1, -0.05) is 35.3 Å². The maximum atomic E-state index is 13.8. The minimum atomic E-state index is -1.10. The highest BCUT2D eigenvalue weighted by Crippen LogP contribution is 2.32. The Hall–Kier alpha value is -3.40. The van der Waals surface area contributed by atoms with Crippen molar-refractivity contribution in [3.63, 3.8) is 0 Å². The standard InChI is InChI=1S/C26H25Cl2N5O4/c27-17-5-7-18(8-6-17)33-22-24(30-23(33)19-3-1-2-4-20(19)28)32(15-16-9-12-29-13-10-16)26(37)31(25(22)36)14-11-21(34)35/h1-8,16,29H,9-15H2,(H,34,35). The predicted octanol–water partition coefficient (Wildman–Crippen LogP) is 3.80. The van der Waals surface area contributed by atoms with E-state index in [1.165, 1.54) is 4.57 Å². The first-order chi connectivity index (χ1) is 17.8. The molecule has 1 saturated heterocycles. The fourth-order valence-electron chi connectivity index (χ4n) is 4.80. The molecule has 0 atom stereocenters. The molecule has 1 aliphatic heterocycles. The Morgan fingerprint density at radius 3 is 2.41 bits per heavy atom. The average Bonchev–Trinajstić information content (AvgIpc) is 3.28. The van der Waals surface area contributed by atoms with E-state index in [9.17, 15) is 19.5 Å². The summed E-state index contributed by atoms with van der Waals surface area (Å²) in [5.74, 6) is -0.495. The monoisotopic (exact) mass is 541 g/mol. The number of imidazole rings is 1. The Balaban J connectivity index is 1.85. The van der Waals surface area contributed by atoms with Crippen molar-refractivity contribution in [2.75, 3.05) is 13.1 Å². The minimum absolute atomic E-state index is 0.177. The number of nitrogens with zero attached hydrogens (tertiary/aromatic N) is 4. The highest BCUT2D eigenvalue weighted by Gasteiger charge is 2.26. The van der Waals surface area contributed by atoms with Crippen molar-refractivity contribution in [3.05, 3.63) is 79.4 Å². The number of carboxylic acid groups (broad SMARTS) is 1. The van der Waals surface area contributed by atoms with Crippen molar-refractivity contribution in [1.82, 2.24) is 24.0 Å². The van der Waals surface area contributed by atoms with E-state index in [0.29, 0.717) is 33.7 Å². The quantitative estimate of drug-likeness (QED) is 0.368. The number of halogens is 2. The molecular weight excluding hydrogens is 517 g/mol. The Morgan fingerprint density at radius 2 is 1.73 bits per heavy atom. The molecule has 192 valence electrons. The molecule has 0 radical (unpaired) electrons. The van der Waals surface area contributed by atoms with Gasteiger partial charge in [0.15, 0.2) is 11.2 Å². The zero-order valence-corrected chi connectivity index (χ0v) is 21.4. The highest BCUT2D eigenvalue weighted by atomic mass is 35.5. The summed E-state index contributed by atoms with van der Waals surface area (Å²) in [6, 6.07) is 14.1. The van der Waals surface area contributed by atoms with E-state index in [1.807, 2.05) is 6.07 Å². The van der Waals surface area contributed by atoms with Crippen LogP contribution in [-0.4, -0.2) is 42.9 Å². The molecule has 1 aliphatic rings. The van der Waals surface area contributed by atoms with Gasteiger partial charge < -0.3 is 10.4 Å². The molecule has 0 spiro atoms. The Labute approximate surface area is 221 Å². The summed E-state index contributed by atoms with van der Waals surface area (Å²) in [5.41, 5.74) is 0.442. The molecule has 2 aromatic heterocycles. The second-order valence-corrected chi connectivity index (χ2v) is 9.93. The Kier molecular flexibility index (Phi) is 7.19. The molecule has 2 N–H and O–H groups in total. The van der Waals surface area contributed by atoms with E-state index in [-0.39, 0.29) is 30.0 Å². The number of hydrogen-bond donors (Lipinski definition) is 2. The molecular formula is C26H25Cl2N5O4. The van der Waals surface area contributed by atoms with E-state index in [0.717, 1.165) is 30.5 Å². The Bertz CT molecular complexity index is 1580. The van der Waals surface area contributed by atoms with Crippen molar-refractivity contribution < 1.29 is 9.90 Å². The highest BCUT2D eigenvalue weighted by molar-refractivity contribution is 6.33. The number of benzene rings is 2. The molecule has 3 heterocycles. The smallest absolute Gasteiger partial charge is 0.332 e. The number of hydrogen-bond acceptors (Lipinski definition) is 5. The van der Waals surface area contributed by atoms with Crippen molar-refractivity contribution in [3.8, 4) is 17.1 Å². The number of aliphatic carboxylic acids is 1. The van der Waals surface area contributed by atoms with Gasteiger partial charge in [-0.05, 0) is 68.2 Å². The minimum Gasteiger partial charge on any atom is -0.481 e. The predicted molar refractivity (Wildman–Crippen MR) is 143 cm³/mol. The third-order valence-electron chi connectivity index (χ3n) is 6.67. The van der Waals surface area contributed by atoms with Gasteiger partial charge in [-0.15, -0.1) is 0 Å². The summed E-state index contributed by atoms with van der Waals surface area (Å²) in [4.78, 5) is 43.6. The molecule has 0 aliphatic carbocycles. The lowest BCUT2D eigenvalue weighted by molar-refractivity contribution is -0.137. The van der Waals surface area contributed by atoms with Crippen LogP contribution in [0.2, 0.25) is 10.0 Å². The van der Waals surface area contributed by atoms with E-state index in [4.69, 9.17) is 28.2 Å². The van der Waals surface area contributed by atoms with E-state index in [2.05, 4.69) is 5.32 Å². The van der Waals surface area contributed by atoms with E-state index < -0.39 is 17.2 Å². The summed E-state index contributed by atoms with van der Waals surface area (Å²) in [7, 11) is 0. The maximum Gasteiger partial charge on any atom is 0.332 e. The Morgan fingerprint density at radius 1 is 1.03 bits per heavy atom. The average molecular weight is 542 g/mol. The molecule has 0 unspecified atom stereocenters. The zero-order chi connectivity index (χ0) is 26.1. The summed E-state index contributed by atoms with van der Waals surface area (Å²) in [5, 5.41) is 13.5. The second kappa shape index (κ2) is 10.5. The van der Waals surface area contributed by atoms with Crippen LogP contribution in [0.4, 0.5) is 0 Å². The topological polar surface area (TPSA) is 111 Å². The summed E-state index contributed by atoms with van der Waals surface area (Å²) in [6.07, 6.45) is 1.38. The third-order valence-corrected chi connectivity index (χ3v) is 7.25. The van der Waals surface area contributed by atoms with Gasteiger partial charge in [0.1, 0.15) is 5.82 Å². The lowest BCUT2D eigenvalue weighted by atomic mass is 9.98. The van der Waals surface area contributed by atoms with Gasteiger partial charge in [-0.25, -0.2) is 9.78 Å². The van der Waals surface area contributed by atoms with Crippen LogP contribution in [0.25, 0.3) is 28.2 Å². The fraction of sp³-hybridized carbons (Fsp3) is 0.308. The van der Waals surface area contributed by atoms with Gasteiger partial charge in [-0.2, -0.15) is 0 Å². The SMILES string of the molecule is O=C(O)CCn1c(=O)c2c(nc(-c3ccccc3Cl)n2-c2ccc(Cl)cc2)n(CC2CCNCC2)c1=O. The first-order valence-corrected chi connectivity index (χ1v) is 12.8. The summed E-state index contributed by atoms with van der Waals surface area (Å²) < 4.78 is 4.19. The normalized spacial score (nSPS) is 14.3. The van der Waals surface area contributed by atoms with Crippen LogP contribution in [-0.2, 0) is 17.9 Å². The number of rotatable bonds is 7. The second-order valence-electron chi connectivity index (χ2n) is 9.09. The largest absolute Gasteiger partial charge is 0.481 e. The van der Waals surface area contributed by atoms with Gasteiger partial charge in [0.25, 0.3) is 5.56 Å². The van der Waals surface area contributed by atoms with Crippen LogP contribution in [0, 0.1) is 5.92 Å². The van der Waals surface area contributed by atoms with Gasteiger partial charge >= 0.3 is 11.7 Å². The number of fused-ring (bicyclic) bond motifs is 1. The molecule has 0 saturated carbocycles. The van der Waals surface area contributed by atoms with Crippen LogP contribution >= 0.6 is 23.2 Å². The number of piperidine rings is 1. The fourth-order valence-corrected chi connectivity index (χ4v) is 5.14. The molecule has 5 rings (SSSR count). The third kappa shape index (κ3) is 4.94. The maximum absolute atomic E-state index is 13.8. The van der Waals surface area contributed by atoms with Gasteiger partial charge in [0.2, 0.25) is 0 Å². The molecule has 0 bridgehead atoms. The van der Waals surface area contributed by atoms with Gasteiger partial charge in [-0.3, -0.25) is 23.3 Å². The number of carboxylic acids is 1. The zero-order valence-electron chi connectivity index (χ0n) is 19.9. The lowest BCUT2D eigenvalue weighted by Crippen LogP contribution is -2.42. The van der Waals surface area contributed by atoms with E-state index in [1.54, 1.807) is 47.0 Å². The molecule has 9 nitrogen and oxygen atoms in total. The van der Waals surface area contributed by atoms with Crippen molar-refractivity contribution in [1.29, 1.82) is 0 Å². The van der Waals surface area contributed by atoms with Crippen molar-refractivity contribution in [2.45, 2.75) is 32.4 Å². The van der Waals surface area contributed by atoms with Crippen LogP contribution in [0.5, 0.6) is 0 Å². The molecule has 4 aromatic rings. The molecule has 2 aromatic carbocycles. The first kappa shape index (κ1) is 25.3. The summed E-state index contributed by atoms with van der Waals surface area (Å²) in [6.45, 7) is 1.79. The van der Waals surface area contributed by atoms with Gasteiger partial charge in [0, 0.05) is 29.4 Å².